The second-order valence-corrected chi connectivity index (χ2v) is 7.28. The van der Waals surface area contributed by atoms with Gasteiger partial charge in [0, 0.05) is 17.6 Å². The minimum absolute atomic E-state index is 0.0523. The van der Waals surface area contributed by atoms with Crippen molar-refractivity contribution in [2.45, 2.75) is 27.2 Å². The molecule has 3 aromatic rings. The molecule has 0 aliphatic rings. The van der Waals surface area contributed by atoms with Crippen molar-refractivity contribution in [2.75, 3.05) is 11.4 Å². The Morgan fingerprint density at radius 1 is 1.40 bits per heavy atom. The lowest BCUT2D eigenvalue weighted by Gasteiger charge is -2.19. The largest absolute Gasteiger partial charge is 0.308 e. The van der Waals surface area contributed by atoms with Gasteiger partial charge in [-0.2, -0.15) is 5.10 Å². The van der Waals surface area contributed by atoms with Crippen LogP contribution in [-0.4, -0.2) is 32.2 Å². The standard InChI is InChI=1S/C17H18ClN5OS/c1-4-22(16(24)8-14-11(2)25-12(3)20-14)15-10-23(21-17(15)18)13-6-5-7-19-9-13/h5-7,9-10H,4,8H2,1-3H3. The van der Waals surface area contributed by atoms with Crippen molar-refractivity contribution in [3.8, 4) is 5.69 Å². The molecule has 1 amide bonds. The zero-order valence-electron chi connectivity index (χ0n) is 14.2. The molecule has 3 aromatic heterocycles. The van der Waals surface area contributed by atoms with Crippen LogP contribution in [0.15, 0.2) is 30.7 Å². The van der Waals surface area contributed by atoms with Crippen molar-refractivity contribution in [2.24, 2.45) is 0 Å². The fraction of sp³-hybridized carbons (Fsp3) is 0.294. The van der Waals surface area contributed by atoms with Gasteiger partial charge < -0.3 is 4.90 Å². The molecular formula is C17H18ClN5OS. The van der Waals surface area contributed by atoms with E-state index in [9.17, 15) is 4.79 Å². The Balaban J connectivity index is 1.87. The quantitative estimate of drug-likeness (QED) is 0.683. The third-order valence-electron chi connectivity index (χ3n) is 3.79. The number of rotatable bonds is 5. The van der Waals surface area contributed by atoms with Crippen LogP contribution in [0.4, 0.5) is 5.69 Å². The van der Waals surface area contributed by atoms with E-state index < -0.39 is 0 Å². The molecule has 0 aliphatic heterocycles. The predicted octanol–water partition coefficient (Wildman–Crippen LogP) is 3.59. The number of carbonyl (C=O) groups is 1. The van der Waals surface area contributed by atoms with Gasteiger partial charge >= 0.3 is 0 Å². The number of aromatic nitrogens is 4. The van der Waals surface area contributed by atoms with Crippen molar-refractivity contribution >= 4 is 34.5 Å². The average Bonchev–Trinajstić information content (AvgIpc) is 3.12. The Kier molecular flexibility index (Phi) is 5.15. The highest BCUT2D eigenvalue weighted by molar-refractivity contribution is 7.11. The third kappa shape index (κ3) is 3.72. The maximum atomic E-state index is 12.8. The molecule has 0 unspecified atom stereocenters. The van der Waals surface area contributed by atoms with Crippen LogP contribution in [0.1, 0.15) is 22.5 Å². The minimum Gasteiger partial charge on any atom is -0.308 e. The van der Waals surface area contributed by atoms with Crippen molar-refractivity contribution in [1.82, 2.24) is 19.7 Å². The zero-order valence-corrected chi connectivity index (χ0v) is 15.8. The molecule has 3 heterocycles. The molecular weight excluding hydrogens is 358 g/mol. The van der Waals surface area contributed by atoms with E-state index in [2.05, 4.69) is 15.1 Å². The van der Waals surface area contributed by atoms with Crippen molar-refractivity contribution in [3.05, 3.63) is 51.5 Å². The summed E-state index contributed by atoms with van der Waals surface area (Å²) in [7, 11) is 0. The number of pyridine rings is 1. The van der Waals surface area contributed by atoms with E-state index in [1.54, 1.807) is 39.5 Å². The SMILES string of the molecule is CCN(C(=O)Cc1nc(C)sc1C)c1cn(-c2cccnc2)nc1Cl. The molecule has 0 spiro atoms. The van der Waals surface area contributed by atoms with Gasteiger partial charge in [-0.25, -0.2) is 9.67 Å². The Morgan fingerprint density at radius 2 is 2.20 bits per heavy atom. The third-order valence-corrected chi connectivity index (χ3v) is 4.99. The summed E-state index contributed by atoms with van der Waals surface area (Å²) in [5.41, 5.74) is 2.19. The van der Waals surface area contributed by atoms with Gasteiger partial charge in [0.25, 0.3) is 0 Å². The van der Waals surface area contributed by atoms with Gasteiger partial charge in [-0.1, -0.05) is 11.6 Å². The molecule has 0 atom stereocenters. The summed E-state index contributed by atoms with van der Waals surface area (Å²) in [6.45, 7) is 6.34. The first kappa shape index (κ1) is 17.6. The summed E-state index contributed by atoms with van der Waals surface area (Å²) in [6.07, 6.45) is 5.38. The Bertz CT molecular complexity index is 890. The van der Waals surface area contributed by atoms with Crippen LogP contribution < -0.4 is 4.90 Å². The molecule has 130 valence electrons. The van der Waals surface area contributed by atoms with Gasteiger partial charge in [-0.15, -0.1) is 11.3 Å². The van der Waals surface area contributed by atoms with Crippen LogP contribution in [0, 0.1) is 13.8 Å². The number of thiazole rings is 1. The molecule has 0 aromatic carbocycles. The van der Waals surface area contributed by atoms with Gasteiger partial charge in [0.1, 0.15) is 5.69 Å². The molecule has 6 nitrogen and oxygen atoms in total. The number of aryl methyl sites for hydroxylation is 2. The van der Waals surface area contributed by atoms with Crippen molar-refractivity contribution < 1.29 is 4.79 Å². The number of anilines is 1. The van der Waals surface area contributed by atoms with Crippen LogP contribution in [0.3, 0.4) is 0 Å². The average molecular weight is 376 g/mol. The molecule has 0 fully saturated rings. The van der Waals surface area contributed by atoms with Crippen molar-refractivity contribution in [3.63, 3.8) is 0 Å². The van der Waals surface area contributed by atoms with Gasteiger partial charge in [0.15, 0.2) is 5.15 Å². The minimum atomic E-state index is -0.0523. The Labute approximate surface area is 155 Å². The normalized spacial score (nSPS) is 10.9. The van der Waals surface area contributed by atoms with Crippen LogP contribution in [0.25, 0.3) is 5.69 Å². The van der Waals surface area contributed by atoms with Gasteiger partial charge in [0.2, 0.25) is 5.91 Å². The fourth-order valence-electron chi connectivity index (χ4n) is 2.60. The molecule has 0 bridgehead atoms. The summed E-state index contributed by atoms with van der Waals surface area (Å²) >= 11 is 7.89. The number of likely N-dealkylation sites (N-methyl/N-ethyl adjacent to an activating group) is 1. The first-order valence-corrected chi connectivity index (χ1v) is 9.08. The first-order valence-electron chi connectivity index (χ1n) is 7.88. The second-order valence-electron chi connectivity index (χ2n) is 5.51. The lowest BCUT2D eigenvalue weighted by molar-refractivity contribution is -0.118. The first-order chi connectivity index (χ1) is 12.0. The molecule has 8 heteroatoms. The maximum Gasteiger partial charge on any atom is 0.233 e. The van der Waals surface area contributed by atoms with Crippen LogP contribution in [-0.2, 0) is 11.2 Å². The van der Waals surface area contributed by atoms with Crippen molar-refractivity contribution in [1.29, 1.82) is 0 Å². The molecule has 0 radical (unpaired) electrons. The molecule has 3 rings (SSSR count). The van der Waals surface area contributed by atoms with E-state index in [1.165, 1.54) is 0 Å². The molecule has 0 N–H and O–H groups in total. The van der Waals surface area contributed by atoms with Gasteiger partial charge in [-0.05, 0) is 32.9 Å². The van der Waals surface area contributed by atoms with Crippen LogP contribution >= 0.6 is 22.9 Å². The molecule has 0 saturated carbocycles. The highest BCUT2D eigenvalue weighted by Gasteiger charge is 2.22. The van der Waals surface area contributed by atoms with E-state index in [-0.39, 0.29) is 17.5 Å². The zero-order chi connectivity index (χ0) is 18.0. The molecule has 0 aliphatic carbocycles. The van der Waals surface area contributed by atoms with Crippen LogP contribution in [0.5, 0.6) is 0 Å². The van der Waals surface area contributed by atoms with E-state index >= 15 is 0 Å². The van der Waals surface area contributed by atoms with E-state index in [0.717, 1.165) is 21.3 Å². The van der Waals surface area contributed by atoms with E-state index in [1.807, 2.05) is 32.9 Å². The van der Waals surface area contributed by atoms with Gasteiger partial charge in [-0.3, -0.25) is 9.78 Å². The molecule has 0 saturated heterocycles. The molecule has 25 heavy (non-hydrogen) atoms. The lowest BCUT2D eigenvalue weighted by atomic mass is 10.2. The number of nitrogens with zero attached hydrogens (tertiary/aromatic N) is 5. The summed E-state index contributed by atoms with van der Waals surface area (Å²) in [4.78, 5) is 24.0. The fourth-order valence-corrected chi connectivity index (χ4v) is 3.67. The highest BCUT2D eigenvalue weighted by atomic mass is 35.5. The number of hydrogen-bond donors (Lipinski definition) is 0. The summed E-state index contributed by atoms with van der Waals surface area (Å²) < 4.78 is 1.62. The highest BCUT2D eigenvalue weighted by Crippen LogP contribution is 2.27. The monoisotopic (exact) mass is 375 g/mol. The smallest absolute Gasteiger partial charge is 0.233 e. The predicted molar refractivity (Wildman–Crippen MR) is 99.7 cm³/mol. The maximum absolute atomic E-state index is 12.8. The Morgan fingerprint density at radius 3 is 2.80 bits per heavy atom. The number of hydrogen-bond acceptors (Lipinski definition) is 5. The summed E-state index contributed by atoms with van der Waals surface area (Å²) in [5.74, 6) is -0.0523. The topological polar surface area (TPSA) is 63.9 Å². The van der Waals surface area contributed by atoms with Gasteiger partial charge in [0.05, 0.1) is 35.2 Å². The summed E-state index contributed by atoms with van der Waals surface area (Å²) in [6, 6.07) is 3.69. The number of amides is 1. The lowest BCUT2D eigenvalue weighted by Crippen LogP contribution is -2.32. The Hall–Kier alpha value is -2.25. The van der Waals surface area contributed by atoms with E-state index in [4.69, 9.17) is 11.6 Å². The number of carbonyl (C=O) groups excluding carboxylic acids is 1. The number of halogens is 1. The summed E-state index contributed by atoms with van der Waals surface area (Å²) in [5, 5.41) is 5.54. The van der Waals surface area contributed by atoms with E-state index in [0.29, 0.717) is 12.2 Å². The van der Waals surface area contributed by atoms with Crippen LogP contribution in [0.2, 0.25) is 5.15 Å². The second kappa shape index (κ2) is 7.33.